The lowest BCUT2D eigenvalue weighted by molar-refractivity contribution is 0.0526. The number of likely N-dealkylation sites (tertiary alicyclic amines) is 1. The van der Waals surface area contributed by atoms with Gasteiger partial charge < -0.3 is 10.0 Å². The van der Waals surface area contributed by atoms with Crippen molar-refractivity contribution in [1.29, 1.82) is 0 Å². The monoisotopic (exact) mass is 345 g/mol. The van der Waals surface area contributed by atoms with E-state index in [0.717, 1.165) is 62.7 Å². The molecule has 5 heteroatoms. The van der Waals surface area contributed by atoms with E-state index in [9.17, 15) is 9.90 Å². The Labute approximate surface area is 150 Å². The van der Waals surface area contributed by atoms with Gasteiger partial charge in [0.15, 0.2) is 0 Å². The second-order valence-electron chi connectivity index (χ2n) is 8.31. The third-order valence-corrected chi connectivity index (χ3v) is 6.67. The topological polar surface area (TPSA) is 58.4 Å². The molecule has 3 aliphatic rings. The molecule has 1 aromatic heterocycles. The minimum atomic E-state index is -0.231. The molecule has 3 fully saturated rings. The van der Waals surface area contributed by atoms with Gasteiger partial charge in [-0.2, -0.15) is 5.10 Å². The van der Waals surface area contributed by atoms with Gasteiger partial charge in [0.05, 0.1) is 17.4 Å². The molecule has 3 atom stereocenters. The molecule has 4 rings (SSSR count). The van der Waals surface area contributed by atoms with E-state index in [2.05, 4.69) is 10.00 Å². The SMILES string of the molecule is Cn1cc(C(=O)N2CCCC2C2CCCC2O)c(C2CCCCC2)n1. The van der Waals surface area contributed by atoms with E-state index < -0.39 is 0 Å². The van der Waals surface area contributed by atoms with Crippen LogP contribution in [0, 0.1) is 5.92 Å². The Bertz CT molecular complexity index is 620. The van der Waals surface area contributed by atoms with Crippen molar-refractivity contribution in [1.82, 2.24) is 14.7 Å². The predicted octanol–water partition coefficient (Wildman–Crippen LogP) is 3.23. The van der Waals surface area contributed by atoms with Crippen LogP contribution in [0.25, 0.3) is 0 Å². The Morgan fingerprint density at radius 2 is 1.88 bits per heavy atom. The van der Waals surface area contributed by atoms with Gasteiger partial charge in [-0.15, -0.1) is 0 Å². The Morgan fingerprint density at radius 1 is 1.08 bits per heavy atom. The van der Waals surface area contributed by atoms with Crippen molar-refractivity contribution >= 4 is 5.91 Å². The summed E-state index contributed by atoms with van der Waals surface area (Å²) in [5, 5.41) is 15.0. The van der Waals surface area contributed by atoms with E-state index >= 15 is 0 Å². The van der Waals surface area contributed by atoms with E-state index in [0.29, 0.717) is 5.92 Å². The van der Waals surface area contributed by atoms with Gasteiger partial charge in [0, 0.05) is 37.7 Å². The van der Waals surface area contributed by atoms with Crippen LogP contribution in [0.4, 0.5) is 0 Å². The molecule has 0 radical (unpaired) electrons. The molecule has 3 unspecified atom stereocenters. The zero-order valence-corrected chi connectivity index (χ0v) is 15.4. The van der Waals surface area contributed by atoms with Gasteiger partial charge in [-0.1, -0.05) is 25.7 Å². The van der Waals surface area contributed by atoms with Crippen LogP contribution < -0.4 is 0 Å². The van der Waals surface area contributed by atoms with Crippen LogP contribution in [0.5, 0.6) is 0 Å². The van der Waals surface area contributed by atoms with Gasteiger partial charge in [0.25, 0.3) is 5.91 Å². The average Bonchev–Trinajstić information content (AvgIpc) is 3.34. The van der Waals surface area contributed by atoms with Crippen LogP contribution in [0.15, 0.2) is 6.20 Å². The van der Waals surface area contributed by atoms with Crippen molar-refractivity contribution in [2.24, 2.45) is 13.0 Å². The number of carbonyl (C=O) groups is 1. The molecule has 138 valence electrons. The predicted molar refractivity (Wildman–Crippen MR) is 96.4 cm³/mol. The Balaban J connectivity index is 1.57. The van der Waals surface area contributed by atoms with Crippen molar-refractivity contribution in [2.45, 2.75) is 82.3 Å². The number of hydrogen-bond acceptors (Lipinski definition) is 3. The van der Waals surface area contributed by atoms with Gasteiger partial charge in [-0.05, 0) is 38.5 Å². The Morgan fingerprint density at radius 3 is 2.60 bits per heavy atom. The van der Waals surface area contributed by atoms with Crippen LogP contribution in [0.3, 0.4) is 0 Å². The van der Waals surface area contributed by atoms with Crippen molar-refractivity contribution in [3.05, 3.63) is 17.5 Å². The highest BCUT2D eigenvalue weighted by atomic mass is 16.3. The average molecular weight is 345 g/mol. The maximum atomic E-state index is 13.4. The Kier molecular flexibility index (Phi) is 4.85. The first kappa shape index (κ1) is 17.1. The molecule has 5 nitrogen and oxygen atoms in total. The fourth-order valence-electron chi connectivity index (χ4n) is 5.41. The van der Waals surface area contributed by atoms with Crippen molar-refractivity contribution in [3.8, 4) is 0 Å². The highest BCUT2D eigenvalue weighted by Crippen LogP contribution is 2.38. The fourth-order valence-corrected chi connectivity index (χ4v) is 5.41. The third-order valence-electron chi connectivity index (χ3n) is 6.67. The molecule has 1 saturated heterocycles. The summed E-state index contributed by atoms with van der Waals surface area (Å²) in [7, 11) is 1.92. The molecule has 1 aliphatic heterocycles. The number of amides is 1. The quantitative estimate of drug-likeness (QED) is 0.915. The van der Waals surface area contributed by atoms with E-state index in [1.54, 1.807) is 0 Å². The summed E-state index contributed by atoms with van der Waals surface area (Å²) in [4.78, 5) is 15.4. The smallest absolute Gasteiger partial charge is 0.257 e. The summed E-state index contributed by atoms with van der Waals surface area (Å²) in [6.45, 7) is 0.825. The first-order valence-electron chi connectivity index (χ1n) is 10.2. The number of aliphatic hydroxyl groups is 1. The minimum Gasteiger partial charge on any atom is -0.393 e. The maximum Gasteiger partial charge on any atom is 0.257 e. The van der Waals surface area contributed by atoms with Crippen molar-refractivity contribution in [2.75, 3.05) is 6.54 Å². The van der Waals surface area contributed by atoms with Crippen LogP contribution in [0.1, 0.15) is 86.2 Å². The number of nitrogens with zero attached hydrogens (tertiary/aromatic N) is 3. The lowest BCUT2D eigenvalue weighted by atomic mass is 9.85. The molecule has 0 bridgehead atoms. The second-order valence-corrected chi connectivity index (χ2v) is 8.31. The van der Waals surface area contributed by atoms with Crippen LogP contribution in [0.2, 0.25) is 0 Å². The van der Waals surface area contributed by atoms with Crippen molar-refractivity contribution < 1.29 is 9.90 Å². The summed E-state index contributed by atoms with van der Waals surface area (Å²) in [5.41, 5.74) is 1.83. The highest BCUT2D eigenvalue weighted by molar-refractivity contribution is 5.95. The zero-order valence-electron chi connectivity index (χ0n) is 15.4. The Hall–Kier alpha value is -1.36. The number of aromatic nitrogens is 2. The standard InChI is InChI=1S/C20H31N3O2/c1-22-13-16(19(21-22)14-7-3-2-4-8-14)20(25)23-12-6-10-17(23)15-9-5-11-18(15)24/h13-15,17-18,24H,2-12H2,1H3. The highest BCUT2D eigenvalue weighted by Gasteiger charge is 2.41. The summed E-state index contributed by atoms with van der Waals surface area (Å²) >= 11 is 0. The van der Waals surface area contributed by atoms with E-state index in [1.165, 1.54) is 19.3 Å². The van der Waals surface area contributed by atoms with E-state index in [4.69, 9.17) is 0 Å². The molecule has 2 aliphatic carbocycles. The molecule has 1 amide bonds. The molecule has 2 saturated carbocycles. The molecule has 0 spiro atoms. The largest absolute Gasteiger partial charge is 0.393 e. The zero-order chi connectivity index (χ0) is 17.4. The lowest BCUT2D eigenvalue weighted by Crippen LogP contribution is -2.42. The number of rotatable bonds is 3. The van der Waals surface area contributed by atoms with Gasteiger partial charge in [-0.3, -0.25) is 9.48 Å². The summed E-state index contributed by atoms with van der Waals surface area (Å²) in [6.07, 6.45) is 12.9. The van der Waals surface area contributed by atoms with Gasteiger partial charge in [0.1, 0.15) is 0 Å². The molecule has 1 N–H and O–H groups in total. The maximum absolute atomic E-state index is 13.4. The van der Waals surface area contributed by atoms with E-state index in [-0.39, 0.29) is 24.0 Å². The first-order chi connectivity index (χ1) is 12.1. The van der Waals surface area contributed by atoms with Crippen molar-refractivity contribution in [3.63, 3.8) is 0 Å². The van der Waals surface area contributed by atoms with Crippen LogP contribution >= 0.6 is 0 Å². The third kappa shape index (κ3) is 3.23. The molecule has 25 heavy (non-hydrogen) atoms. The minimum absolute atomic E-state index is 0.148. The van der Waals surface area contributed by atoms with E-state index in [1.807, 2.05) is 17.9 Å². The number of hydrogen-bond donors (Lipinski definition) is 1. The molecular formula is C20H31N3O2. The second kappa shape index (κ2) is 7.10. The summed E-state index contributed by atoms with van der Waals surface area (Å²) in [5.74, 6) is 0.851. The van der Waals surface area contributed by atoms with Gasteiger partial charge in [-0.25, -0.2) is 0 Å². The summed E-state index contributed by atoms with van der Waals surface area (Å²) < 4.78 is 1.81. The van der Waals surface area contributed by atoms with Crippen LogP contribution in [-0.4, -0.2) is 44.4 Å². The fraction of sp³-hybridized carbons (Fsp3) is 0.800. The first-order valence-corrected chi connectivity index (χ1v) is 10.2. The molecule has 2 heterocycles. The number of aryl methyl sites for hydroxylation is 1. The van der Waals surface area contributed by atoms with Gasteiger partial charge >= 0.3 is 0 Å². The van der Waals surface area contributed by atoms with Crippen LogP contribution in [-0.2, 0) is 7.05 Å². The number of aliphatic hydroxyl groups excluding tert-OH is 1. The summed E-state index contributed by atoms with van der Waals surface area (Å²) in [6, 6.07) is 0.212. The lowest BCUT2D eigenvalue weighted by Gasteiger charge is -2.31. The molecular weight excluding hydrogens is 314 g/mol. The molecule has 1 aromatic rings. The molecule has 0 aromatic carbocycles. The normalized spacial score (nSPS) is 31.0. The number of carbonyl (C=O) groups excluding carboxylic acids is 1. The van der Waals surface area contributed by atoms with Gasteiger partial charge in [0.2, 0.25) is 0 Å².